The average molecular weight is 326 g/mol. The highest BCUT2D eigenvalue weighted by Crippen LogP contribution is 2.27. The number of piperidine rings is 1. The molecule has 3 aliphatic heterocycles. The minimum Gasteiger partial charge on any atom is -0.342 e. The van der Waals surface area contributed by atoms with Gasteiger partial charge in [-0.05, 0) is 25.7 Å². The summed E-state index contributed by atoms with van der Waals surface area (Å²) in [4.78, 5) is 14.3. The molecule has 0 aliphatic carbocycles. The lowest BCUT2D eigenvalue weighted by Crippen LogP contribution is -2.57. The predicted octanol–water partition coefficient (Wildman–Crippen LogP) is 0.0210. The quantitative estimate of drug-likeness (QED) is 0.732. The predicted molar refractivity (Wildman–Crippen MR) is 79.7 cm³/mol. The first-order chi connectivity index (χ1) is 10.5. The maximum atomic E-state index is 12.5. The minimum atomic E-state index is -3.51. The summed E-state index contributed by atoms with van der Waals surface area (Å²) in [7, 11) is -3.51. The van der Waals surface area contributed by atoms with Gasteiger partial charge in [0, 0.05) is 39.3 Å². The van der Waals surface area contributed by atoms with Gasteiger partial charge in [-0.25, -0.2) is 0 Å². The zero-order valence-electron chi connectivity index (χ0n) is 12.6. The van der Waals surface area contributed by atoms with Crippen molar-refractivity contribution < 1.29 is 13.2 Å². The molecule has 1 atom stereocenters. The highest BCUT2D eigenvalue weighted by Gasteiger charge is 2.42. The molecule has 0 aromatic heterocycles. The van der Waals surface area contributed by atoms with Gasteiger partial charge in [0.05, 0.1) is 17.9 Å². The molecule has 1 amide bonds. The lowest BCUT2D eigenvalue weighted by atomic mass is 9.98. The third-order valence-electron chi connectivity index (χ3n) is 4.83. The molecule has 0 aromatic rings. The first-order valence-electron chi connectivity index (χ1n) is 7.96. The summed E-state index contributed by atoms with van der Waals surface area (Å²) in [6, 6.07) is 2.09. The molecule has 0 N–H and O–H groups in total. The van der Waals surface area contributed by atoms with Gasteiger partial charge in [0.2, 0.25) is 5.91 Å². The van der Waals surface area contributed by atoms with Crippen LogP contribution in [0.3, 0.4) is 0 Å². The largest absolute Gasteiger partial charge is 0.342 e. The van der Waals surface area contributed by atoms with Crippen molar-refractivity contribution in [2.75, 3.05) is 39.3 Å². The number of carbonyl (C=O) groups is 1. The molecule has 3 heterocycles. The smallest absolute Gasteiger partial charge is 0.282 e. The number of carbonyl (C=O) groups excluding carboxylic acids is 1. The van der Waals surface area contributed by atoms with Crippen LogP contribution in [0, 0.1) is 23.2 Å². The summed E-state index contributed by atoms with van der Waals surface area (Å²) in [5, 5.41) is 8.78. The van der Waals surface area contributed by atoms with E-state index >= 15 is 0 Å². The van der Waals surface area contributed by atoms with Crippen molar-refractivity contribution in [2.45, 2.75) is 25.7 Å². The van der Waals surface area contributed by atoms with Crippen LogP contribution in [0.2, 0.25) is 0 Å². The fraction of sp³-hybridized carbons (Fsp3) is 0.857. The highest BCUT2D eigenvalue weighted by molar-refractivity contribution is 7.86. The van der Waals surface area contributed by atoms with E-state index in [1.54, 1.807) is 0 Å². The normalized spacial score (nSPS) is 28.3. The molecule has 8 heteroatoms. The molecule has 3 fully saturated rings. The highest BCUT2D eigenvalue weighted by atomic mass is 32.2. The number of hydrogen-bond acceptors (Lipinski definition) is 4. The van der Waals surface area contributed by atoms with Gasteiger partial charge in [-0.1, -0.05) is 0 Å². The Balaban J connectivity index is 1.63. The molecule has 0 unspecified atom stereocenters. The van der Waals surface area contributed by atoms with Crippen LogP contribution in [0.1, 0.15) is 25.7 Å². The van der Waals surface area contributed by atoms with Crippen LogP contribution in [0.4, 0.5) is 0 Å². The van der Waals surface area contributed by atoms with Crippen LogP contribution >= 0.6 is 0 Å². The Morgan fingerprint density at radius 1 is 1.00 bits per heavy atom. The molecule has 22 heavy (non-hydrogen) atoms. The number of hydrogen-bond donors (Lipinski definition) is 0. The molecule has 3 saturated heterocycles. The molecule has 122 valence electrons. The van der Waals surface area contributed by atoms with E-state index in [0.29, 0.717) is 6.54 Å². The van der Waals surface area contributed by atoms with Crippen LogP contribution in [-0.2, 0) is 15.0 Å². The van der Waals surface area contributed by atoms with E-state index in [-0.39, 0.29) is 37.4 Å². The van der Waals surface area contributed by atoms with Crippen molar-refractivity contribution in [3.05, 3.63) is 0 Å². The topological polar surface area (TPSA) is 84.7 Å². The maximum absolute atomic E-state index is 12.5. The van der Waals surface area contributed by atoms with Crippen molar-refractivity contribution in [1.82, 2.24) is 13.5 Å². The van der Waals surface area contributed by atoms with Crippen molar-refractivity contribution in [3.8, 4) is 6.07 Å². The molecular weight excluding hydrogens is 304 g/mol. The van der Waals surface area contributed by atoms with E-state index in [4.69, 9.17) is 5.26 Å². The first kappa shape index (κ1) is 15.7. The van der Waals surface area contributed by atoms with Gasteiger partial charge >= 0.3 is 0 Å². The lowest BCUT2D eigenvalue weighted by Gasteiger charge is -2.40. The number of nitrogens with zero attached hydrogens (tertiary/aromatic N) is 4. The Kier molecular flexibility index (Phi) is 4.39. The SMILES string of the molecule is N#CC1CN(S(=O)(=O)N2CCC[C@H](C(=O)N3CCCC3)C2)C1. The monoisotopic (exact) mass is 326 g/mol. The first-order valence-corrected chi connectivity index (χ1v) is 9.35. The van der Waals surface area contributed by atoms with Crippen LogP contribution in [-0.4, -0.2) is 67.1 Å². The standard InChI is InChI=1S/C14H22N4O3S/c15-8-12-9-18(10-12)22(20,21)17-7-3-4-13(11-17)14(19)16-5-1-2-6-16/h12-13H,1-7,9-11H2/t13-/m0/s1. The molecule has 0 aromatic carbocycles. The second-order valence-electron chi connectivity index (χ2n) is 6.38. The fourth-order valence-electron chi connectivity index (χ4n) is 3.42. The van der Waals surface area contributed by atoms with Crippen LogP contribution < -0.4 is 0 Å². The van der Waals surface area contributed by atoms with E-state index in [0.717, 1.165) is 38.8 Å². The van der Waals surface area contributed by atoms with E-state index in [1.165, 1.54) is 8.61 Å². The number of likely N-dealkylation sites (tertiary alicyclic amines) is 1. The van der Waals surface area contributed by atoms with Crippen molar-refractivity contribution in [3.63, 3.8) is 0 Å². The molecule has 3 aliphatic rings. The minimum absolute atomic E-state index is 0.107. The fourth-order valence-corrected chi connectivity index (χ4v) is 5.21. The second-order valence-corrected chi connectivity index (χ2v) is 8.31. The third-order valence-corrected chi connectivity index (χ3v) is 6.77. The van der Waals surface area contributed by atoms with Crippen molar-refractivity contribution in [1.29, 1.82) is 5.26 Å². The maximum Gasteiger partial charge on any atom is 0.282 e. The zero-order chi connectivity index (χ0) is 15.7. The van der Waals surface area contributed by atoms with Gasteiger partial charge in [0.25, 0.3) is 10.2 Å². The summed E-state index contributed by atoms with van der Waals surface area (Å²) in [6.45, 7) is 2.92. The average Bonchev–Trinajstić information content (AvgIpc) is 2.99. The van der Waals surface area contributed by atoms with Gasteiger partial charge < -0.3 is 4.90 Å². The van der Waals surface area contributed by atoms with Crippen molar-refractivity contribution in [2.24, 2.45) is 11.8 Å². The van der Waals surface area contributed by atoms with Gasteiger partial charge in [0.1, 0.15) is 0 Å². The summed E-state index contributed by atoms with van der Waals surface area (Å²) >= 11 is 0. The summed E-state index contributed by atoms with van der Waals surface area (Å²) in [5.74, 6) is -0.299. The van der Waals surface area contributed by atoms with Crippen LogP contribution in [0.5, 0.6) is 0 Å². The number of nitriles is 1. The molecule has 7 nitrogen and oxygen atoms in total. The number of rotatable bonds is 3. The Labute approximate surface area is 131 Å². The zero-order valence-corrected chi connectivity index (χ0v) is 13.5. The summed E-state index contributed by atoms with van der Waals surface area (Å²) < 4.78 is 27.9. The van der Waals surface area contributed by atoms with Crippen LogP contribution in [0.25, 0.3) is 0 Å². The lowest BCUT2D eigenvalue weighted by molar-refractivity contribution is -0.135. The Bertz CT molecular complexity index is 573. The van der Waals surface area contributed by atoms with E-state index in [2.05, 4.69) is 6.07 Å². The van der Waals surface area contributed by atoms with E-state index in [1.807, 2.05) is 4.90 Å². The van der Waals surface area contributed by atoms with Crippen molar-refractivity contribution >= 4 is 16.1 Å². The summed E-state index contributed by atoms with van der Waals surface area (Å²) in [5.41, 5.74) is 0. The van der Waals surface area contributed by atoms with Crippen LogP contribution in [0.15, 0.2) is 0 Å². The van der Waals surface area contributed by atoms with Gasteiger partial charge in [-0.3, -0.25) is 4.79 Å². The van der Waals surface area contributed by atoms with Gasteiger partial charge in [0.15, 0.2) is 0 Å². The Morgan fingerprint density at radius 2 is 1.68 bits per heavy atom. The summed E-state index contributed by atoms with van der Waals surface area (Å²) in [6.07, 6.45) is 3.58. The Hall–Kier alpha value is -1.17. The second kappa shape index (κ2) is 6.14. The van der Waals surface area contributed by atoms with Gasteiger partial charge in [-0.2, -0.15) is 22.3 Å². The molecule has 0 saturated carbocycles. The molecule has 3 rings (SSSR count). The third kappa shape index (κ3) is 2.85. The Morgan fingerprint density at radius 3 is 2.32 bits per heavy atom. The van der Waals surface area contributed by atoms with E-state index in [9.17, 15) is 13.2 Å². The van der Waals surface area contributed by atoms with E-state index < -0.39 is 10.2 Å². The number of amides is 1. The molecule has 0 bridgehead atoms. The molecular formula is C14H22N4O3S. The van der Waals surface area contributed by atoms with Gasteiger partial charge in [-0.15, -0.1) is 0 Å². The molecule has 0 spiro atoms. The molecule has 0 radical (unpaired) electrons.